The number of phosphoric ester groups is 1. The molecule has 302 valence electrons. The maximum absolute atomic E-state index is 13.7. The number of hydrogen-bond acceptors (Lipinski definition) is 9. The van der Waals surface area contributed by atoms with E-state index in [-0.39, 0.29) is 24.5 Å². The molecule has 18 nitrogen and oxygen atoms in total. The molecule has 19 heteroatoms. The number of unbranched alkanes of at least 4 members (excludes halogenated alkanes) is 2. The zero-order valence-electron chi connectivity index (χ0n) is 31.8. The van der Waals surface area contributed by atoms with E-state index in [4.69, 9.17) is 15.5 Å². The first-order valence-corrected chi connectivity index (χ1v) is 19.7. The van der Waals surface area contributed by atoms with Gasteiger partial charge >= 0.3 is 7.82 Å². The molecule has 0 bridgehead atoms. The summed E-state index contributed by atoms with van der Waals surface area (Å²) in [6.45, 7) is 8.95. The Morgan fingerprint density at radius 2 is 1.46 bits per heavy atom. The average molecular weight is 782 g/mol. The summed E-state index contributed by atoms with van der Waals surface area (Å²) in [5, 5.41) is 13.0. The van der Waals surface area contributed by atoms with E-state index in [1.807, 2.05) is 6.92 Å². The summed E-state index contributed by atoms with van der Waals surface area (Å²) in [7, 11) is -3.34. The highest BCUT2D eigenvalue weighted by atomic mass is 31.2. The minimum atomic E-state index is -4.81. The molecule has 0 aromatic heterocycles. The van der Waals surface area contributed by atoms with E-state index >= 15 is 0 Å². The Hall–Kier alpha value is -4.54. The van der Waals surface area contributed by atoms with Crippen LogP contribution in [-0.4, -0.2) is 99.8 Å². The van der Waals surface area contributed by atoms with Gasteiger partial charge in [-0.25, -0.2) is 4.57 Å². The highest BCUT2D eigenvalue weighted by Crippen LogP contribution is 2.37. The van der Waals surface area contributed by atoms with Crippen LogP contribution in [0.3, 0.4) is 0 Å². The van der Waals surface area contributed by atoms with Crippen LogP contribution in [-0.2, 0) is 44.5 Å². The minimum Gasteiger partial charge on any atom is -0.404 e. The summed E-state index contributed by atoms with van der Waals surface area (Å²) in [5.74, 6) is -5.71. The van der Waals surface area contributed by atoms with Crippen molar-refractivity contribution >= 4 is 49.2 Å². The summed E-state index contributed by atoms with van der Waals surface area (Å²) in [6, 6.07) is -0.269. The molecular weight excluding hydrogens is 725 g/mol. The first kappa shape index (κ1) is 45.6. The van der Waals surface area contributed by atoms with E-state index in [2.05, 4.69) is 31.1 Å². The van der Waals surface area contributed by atoms with Crippen molar-refractivity contribution in [1.82, 2.24) is 31.5 Å². The van der Waals surface area contributed by atoms with Gasteiger partial charge in [0.1, 0.15) is 36.0 Å². The predicted octanol–water partition coefficient (Wildman–Crippen LogP) is 0.145. The minimum absolute atomic E-state index is 0.0664. The van der Waals surface area contributed by atoms with Gasteiger partial charge in [-0.05, 0) is 48.8 Å². The zero-order chi connectivity index (χ0) is 40.7. The zero-order valence-corrected chi connectivity index (χ0v) is 32.6. The number of nitrogens with one attached hydrogen (secondary N) is 5. The van der Waals surface area contributed by atoms with E-state index < -0.39 is 91.7 Å². The molecular formula is C35H56N7O11P. The van der Waals surface area contributed by atoms with Crippen LogP contribution in [0.5, 0.6) is 5.75 Å². The number of benzene rings is 1. The number of carbonyl (C=O) groups is 7. The summed E-state index contributed by atoms with van der Waals surface area (Å²) >= 11 is 0. The van der Waals surface area contributed by atoms with Gasteiger partial charge in [-0.15, -0.1) is 0 Å². The number of primary amides is 1. The van der Waals surface area contributed by atoms with Gasteiger partial charge in [0.25, 0.3) is 0 Å². The Morgan fingerprint density at radius 1 is 0.870 bits per heavy atom. The highest BCUT2D eigenvalue weighted by Gasteiger charge is 2.40. The lowest BCUT2D eigenvalue weighted by Crippen LogP contribution is -2.61. The molecule has 9 N–H and O–H groups in total. The first-order chi connectivity index (χ1) is 25.3. The van der Waals surface area contributed by atoms with Gasteiger partial charge in [0.15, 0.2) is 0 Å². The lowest BCUT2D eigenvalue weighted by atomic mass is 9.99. The summed E-state index contributed by atoms with van der Waals surface area (Å²) in [5.41, 5.74) is 5.93. The second-order valence-corrected chi connectivity index (χ2v) is 15.2. The quantitative estimate of drug-likeness (QED) is 0.0614. The van der Waals surface area contributed by atoms with Crippen LogP contribution in [0.25, 0.3) is 0 Å². The van der Waals surface area contributed by atoms with Crippen LogP contribution >= 0.6 is 7.82 Å². The van der Waals surface area contributed by atoms with E-state index in [0.29, 0.717) is 31.4 Å². The third-order valence-corrected chi connectivity index (χ3v) is 9.30. The highest BCUT2D eigenvalue weighted by molar-refractivity contribution is 7.46. The van der Waals surface area contributed by atoms with Crippen molar-refractivity contribution in [2.75, 3.05) is 13.6 Å². The van der Waals surface area contributed by atoms with E-state index in [0.717, 1.165) is 12.8 Å². The molecule has 0 aliphatic carbocycles. The van der Waals surface area contributed by atoms with E-state index in [1.54, 1.807) is 27.7 Å². The number of nitrogens with two attached hydrogens (primary N) is 1. The van der Waals surface area contributed by atoms with Gasteiger partial charge in [0.05, 0.1) is 6.42 Å². The van der Waals surface area contributed by atoms with Crippen LogP contribution in [0.2, 0.25) is 0 Å². The molecule has 0 unspecified atom stereocenters. The summed E-state index contributed by atoms with van der Waals surface area (Å²) in [4.78, 5) is 112. The molecule has 1 heterocycles. The molecule has 1 aromatic carbocycles. The molecule has 0 radical (unpaired) electrons. The Labute approximate surface area is 315 Å². The second kappa shape index (κ2) is 21.4. The Kier molecular flexibility index (Phi) is 18.1. The van der Waals surface area contributed by atoms with Crippen LogP contribution in [0.15, 0.2) is 24.3 Å². The molecule has 54 heavy (non-hydrogen) atoms. The largest absolute Gasteiger partial charge is 0.524 e. The first-order valence-electron chi connectivity index (χ1n) is 18.1. The van der Waals surface area contributed by atoms with Gasteiger partial charge in [0, 0.05) is 26.4 Å². The number of amides is 7. The molecule has 1 aliphatic rings. The lowest BCUT2D eigenvalue weighted by Gasteiger charge is -2.31. The van der Waals surface area contributed by atoms with E-state index in [9.17, 15) is 38.1 Å². The van der Waals surface area contributed by atoms with Gasteiger partial charge in [-0.3, -0.25) is 43.3 Å². The number of hydrogen-bond donors (Lipinski definition) is 8. The molecule has 5 atom stereocenters. The van der Waals surface area contributed by atoms with Crippen LogP contribution in [0.4, 0.5) is 0 Å². The molecule has 0 saturated carbocycles. The van der Waals surface area contributed by atoms with Gasteiger partial charge < -0.3 is 41.7 Å². The van der Waals surface area contributed by atoms with Crippen molar-refractivity contribution < 1.29 is 52.4 Å². The van der Waals surface area contributed by atoms with Crippen molar-refractivity contribution in [2.24, 2.45) is 17.6 Å². The van der Waals surface area contributed by atoms with Crippen molar-refractivity contribution in [3.8, 4) is 5.75 Å². The van der Waals surface area contributed by atoms with Crippen LogP contribution < -0.4 is 36.8 Å². The van der Waals surface area contributed by atoms with Gasteiger partial charge in [-0.1, -0.05) is 59.6 Å². The third kappa shape index (κ3) is 14.7. The summed E-state index contributed by atoms with van der Waals surface area (Å²) < 4.78 is 15.8. The molecule has 1 aliphatic heterocycles. The predicted molar refractivity (Wildman–Crippen MR) is 197 cm³/mol. The number of likely N-dealkylation sites (tertiary alicyclic amines) is 1. The topological polar surface area (TPSA) is 276 Å². The monoisotopic (exact) mass is 781 g/mol. The second-order valence-electron chi connectivity index (χ2n) is 14.0. The normalized spacial score (nSPS) is 16.5. The summed E-state index contributed by atoms with van der Waals surface area (Å²) in [6.07, 6.45) is 2.75. The van der Waals surface area contributed by atoms with Crippen molar-refractivity contribution in [1.29, 1.82) is 0 Å². The number of carbonyl (C=O) groups excluding carboxylic acids is 7. The third-order valence-electron chi connectivity index (χ3n) is 8.85. The van der Waals surface area contributed by atoms with Crippen LogP contribution in [0.1, 0.15) is 85.1 Å². The van der Waals surface area contributed by atoms with Crippen LogP contribution in [0, 0.1) is 11.8 Å². The molecule has 1 saturated heterocycles. The SMILES string of the molecule is CCCCCC(=O)N[C@@H](Cc1ccc(OP(=O)(O)O)cc1)C(=O)N[C@H](C(=O)N[C@@H](CC(N)=O)C(=O)N[C@H](C(=O)N1CCC[C@H]1C(=O)NC)C(C)C)C(C)C. The fourth-order valence-corrected chi connectivity index (χ4v) is 6.34. The average Bonchev–Trinajstić information content (AvgIpc) is 3.58. The standard InChI is InChI=1S/C35H56N7O11P/c1-7-8-9-12-28(44)38-24(18-22-13-15-23(16-14-22)53-54(50,51)52)31(45)40-29(20(2)3)34(48)39-25(19-27(36)43)32(46)41-30(21(4)5)35(49)42-17-10-11-26(42)33(47)37-6/h13-16,20-21,24-26,29-30H,7-12,17-19H2,1-6H3,(H2,36,43)(H,37,47)(H,38,44)(H,39,48)(H,40,45)(H,41,46)(H2,50,51,52)/t24-,25-,26-,29-,30-/m0/s1. The molecule has 1 aromatic rings. The Morgan fingerprint density at radius 3 is 2.00 bits per heavy atom. The van der Waals surface area contributed by atoms with Crippen molar-refractivity contribution in [3.05, 3.63) is 29.8 Å². The Bertz CT molecular complexity index is 1530. The maximum atomic E-state index is 13.7. The number of nitrogens with zero attached hydrogens (tertiary/aromatic N) is 1. The molecule has 0 spiro atoms. The Balaban J connectivity index is 2.29. The number of rotatable bonds is 21. The lowest BCUT2D eigenvalue weighted by molar-refractivity contribution is -0.143. The van der Waals surface area contributed by atoms with E-state index in [1.165, 1.54) is 36.2 Å². The smallest absolute Gasteiger partial charge is 0.404 e. The van der Waals surface area contributed by atoms with Gasteiger partial charge in [0.2, 0.25) is 41.4 Å². The maximum Gasteiger partial charge on any atom is 0.524 e. The number of phosphoric acid groups is 1. The van der Waals surface area contributed by atoms with Crippen molar-refractivity contribution in [3.63, 3.8) is 0 Å². The van der Waals surface area contributed by atoms with Gasteiger partial charge in [-0.2, -0.15) is 0 Å². The molecule has 1 fully saturated rings. The van der Waals surface area contributed by atoms with Crippen molar-refractivity contribution in [2.45, 2.75) is 116 Å². The molecule has 7 amide bonds. The fourth-order valence-electron chi connectivity index (χ4n) is 5.95. The fraction of sp³-hybridized carbons (Fsp3) is 0.629. The number of likely N-dealkylation sites (N-methyl/N-ethyl adjacent to an activating group) is 1. The molecule has 2 rings (SSSR count).